The molecule has 1 fully saturated rings. The molecule has 4 rings (SSSR count). The van der Waals surface area contributed by atoms with E-state index < -0.39 is 17.7 Å². The van der Waals surface area contributed by atoms with E-state index in [1.54, 1.807) is 24.4 Å². The van der Waals surface area contributed by atoms with E-state index in [0.29, 0.717) is 16.6 Å². The van der Waals surface area contributed by atoms with E-state index in [4.69, 9.17) is 9.47 Å². The number of benzene rings is 1. The van der Waals surface area contributed by atoms with Gasteiger partial charge in [-0.1, -0.05) is 12.5 Å². The normalized spacial score (nSPS) is 15.2. The number of alkyl halides is 3. The summed E-state index contributed by atoms with van der Waals surface area (Å²) < 4.78 is 54.1. The van der Waals surface area contributed by atoms with Crippen LogP contribution in [0.3, 0.4) is 0 Å². The molecule has 1 aromatic carbocycles. The molecule has 0 radical (unpaired) electrons. The van der Waals surface area contributed by atoms with Crippen LogP contribution in [0.15, 0.2) is 42.7 Å². The van der Waals surface area contributed by atoms with Gasteiger partial charge in [0.1, 0.15) is 5.75 Å². The minimum atomic E-state index is -4.54. The van der Waals surface area contributed by atoms with E-state index in [9.17, 15) is 18.0 Å². The van der Waals surface area contributed by atoms with Crippen molar-refractivity contribution in [3.63, 3.8) is 0 Å². The Balaban J connectivity index is 1.82. The van der Waals surface area contributed by atoms with Crippen molar-refractivity contribution in [3.05, 3.63) is 53.9 Å². The summed E-state index contributed by atoms with van der Waals surface area (Å²) in [6.45, 7) is 0. The van der Waals surface area contributed by atoms with E-state index in [1.165, 1.54) is 23.9 Å². The summed E-state index contributed by atoms with van der Waals surface area (Å²) >= 11 is 0. The first kappa shape index (κ1) is 21.2. The number of carbonyl (C=O) groups is 1. The molecule has 0 bridgehead atoms. The molecule has 1 aliphatic rings. The Bertz CT molecular complexity index is 1090. The maximum atomic E-state index is 13.9. The van der Waals surface area contributed by atoms with Crippen LogP contribution in [0.1, 0.15) is 43.2 Å². The van der Waals surface area contributed by atoms with Gasteiger partial charge in [-0.2, -0.15) is 18.3 Å². The zero-order valence-electron chi connectivity index (χ0n) is 17.1. The lowest BCUT2D eigenvalue weighted by molar-refractivity contribution is -0.140. The number of rotatable bonds is 5. The lowest BCUT2D eigenvalue weighted by Gasteiger charge is -2.25. The molecule has 0 atom stereocenters. The van der Waals surface area contributed by atoms with Gasteiger partial charge in [-0.05, 0) is 55.5 Å². The second kappa shape index (κ2) is 8.61. The van der Waals surface area contributed by atoms with Crippen molar-refractivity contribution >= 4 is 11.5 Å². The number of ether oxygens (including phenoxy) is 2. The summed E-state index contributed by atoms with van der Waals surface area (Å²) in [6, 6.07) is 7.24. The molecule has 0 amide bonds. The zero-order chi connectivity index (χ0) is 22.0. The van der Waals surface area contributed by atoms with Crippen molar-refractivity contribution in [2.45, 2.75) is 50.8 Å². The molecular weight excluding hydrogens is 409 g/mol. The highest BCUT2D eigenvalue weighted by Crippen LogP contribution is 2.43. The minimum absolute atomic E-state index is 0.00768. The molecule has 0 spiro atoms. The Labute approximate surface area is 177 Å². The van der Waals surface area contributed by atoms with Gasteiger partial charge in [0, 0.05) is 17.3 Å². The van der Waals surface area contributed by atoms with Crippen LogP contribution >= 0.6 is 0 Å². The predicted molar refractivity (Wildman–Crippen MR) is 109 cm³/mol. The molecule has 0 N–H and O–H groups in total. The van der Waals surface area contributed by atoms with Gasteiger partial charge in [0.2, 0.25) is 0 Å². The van der Waals surface area contributed by atoms with Crippen LogP contribution in [0.25, 0.3) is 16.6 Å². The Hall–Kier alpha value is -3.03. The van der Waals surface area contributed by atoms with Crippen molar-refractivity contribution < 1.29 is 27.4 Å². The monoisotopic (exact) mass is 432 g/mol. The van der Waals surface area contributed by atoms with Gasteiger partial charge >= 0.3 is 12.1 Å². The summed E-state index contributed by atoms with van der Waals surface area (Å²) in [4.78, 5) is 11.7. The first-order valence-electron chi connectivity index (χ1n) is 10.3. The zero-order valence-corrected chi connectivity index (χ0v) is 17.1. The van der Waals surface area contributed by atoms with Crippen molar-refractivity contribution in [3.8, 4) is 16.9 Å². The van der Waals surface area contributed by atoms with Gasteiger partial charge in [0.15, 0.2) is 0 Å². The van der Waals surface area contributed by atoms with E-state index in [-0.39, 0.29) is 23.8 Å². The van der Waals surface area contributed by atoms with E-state index in [0.717, 1.165) is 38.2 Å². The van der Waals surface area contributed by atoms with E-state index >= 15 is 0 Å². The van der Waals surface area contributed by atoms with Gasteiger partial charge in [-0.15, -0.1) is 0 Å². The fourth-order valence-electron chi connectivity index (χ4n) is 4.08. The number of methoxy groups -OCH3 is 1. The van der Waals surface area contributed by atoms with Gasteiger partial charge in [0.05, 0.1) is 36.9 Å². The second-order valence-corrected chi connectivity index (χ2v) is 7.72. The Kier molecular flexibility index (Phi) is 5.89. The summed E-state index contributed by atoms with van der Waals surface area (Å²) in [7, 11) is 1.29. The maximum absolute atomic E-state index is 13.9. The summed E-state index contributed by atoms with van der Waals surface area (Å²) in [5, 5.41) is 4.18. The number of hydrogen-bond donors (Lipinski definition) is 0. The average molecular weight is 432 g/mol. The molecule has 5 nitrogen and oxygen atoms in total. The number of aromatic nitrogens is 2. The van der Waals surface area contributed by atoms with E-state index in [1.807, 2.05) is 0 Å². The molecule has 0 unspecified atom stereocenters. The molecule has 2 aromatic heterocycles. The van der Waals surface area contributed by atoms with Crippen molar-refractivity contribution in [2.24, 2.45) is 0 Å². The Morgan fingerprint density at radius 3 is 2.68 bits per heavy atom. The first-order chi connectivity index (χ1) is 14.9. The molecule has 0 aliphatic heterocycles. The van der Waals surface area contributed by atoms with Crippen LogP contribution in [-0.2, 0) is 22.1 Å². The number of nitrogens with zero attached hydrogens (tertiary/aromatic N) is 2. The van der Waals surface area contributed by atoms with Gasteiger partial charge < -0.3 is 9.47 Å². The SMILES string of the molecule is COC(=O)Cc1cnn2ccc(-c3c(OC4CCCCC4)cccc3C(F)(F)F)cc12. The van der Waals surface area contributed by atoms with Crippen LogP contribution < -0.4 is 4.74 Å². The lowest BCUT2D eigenvalue weighted by Crippen LogP contribution is -2.20. The van der Waals surface area contributed by atoms with Crippen LogP contribution in [0.4, 0.5) is 13.2 Å². The first-order valence-corrected chi connectivity index (χ1v) is 10.3. The minimum Gasteiger partial charge on any atom is -0.490 e. The fourth-order valence-corrected chi connectivity index (χ4v) is 4.08. The number of carbonyl (C=O) groups excluding carboxylic acids is 1. The van der Waals surface area contributed by atoms with Crippen LogP contribution in [0.2, 0.25) is 0 Å². The number of hydrogen-bond acceptors (Lipinski definition) is 4. The lowest BCUT2D eigenvalue weighted by atomic mass is 9.96. The van der Waals surface area contributed by atoms with Crippen molar-refractivity contribution in [1.29, 1.82) is 0 Å². The topological polar surface area (TPSA) is 52.8 Å². The van der Waals surface area contributed by atoms with Crippen molar-refractivity contribution in [2.75, 3.05) is 7.11 Å². The van der Waals surface area contributed by atoms with Crippen LogP contribution in [-0.4, -0.2) is 28.8 Å². The van der Waals surface area contributed by atoms with Crippen LogP contribution in [0, 0.1) is 0 Å². The molecule has 1 aliphatic carbocycles. The number of halogens is 3. The summed E-state index contributed by atoms with van der Waals surface area (Å²) in [5.41, 5.74) is 0.738. The molecule has 0 saturated heterocycles. The summed E-state index contributed by atoms with van der Waals surface area (Å²) in [5.74, 6) is -0.225. The number of pyridine rings is 1. The maximum Gasteiger partial charge on any atom is 0.417 e. The van der Waals surface area contributed by atoms with Gasteiger partial charge in [-0.25, -0.2) is 4.52 Å². The summed E-state index contributed by atoms with van der Waals surface area (Å²) in [6.07, 6.45) is 3.27. The molecule has 3 aromatic rings. The Morgan fingerprint density at radius 1 is 1.19 bits per heavy atom. The highest BCUT2D eigenvalue weighted by atomic mass is 19.4. The predicted octanol–water partition coefficient (Wildman–Crippen LogP) is 5.45. The standard InChI is InChI=1S/C23H23F3N2O3/c1-30-21(29)13-16-14-27-28-11-10-15(12-19(16)28)22-18(23(24,25)26)8-5-9-20(22)31-17-6-3-2-4-7-17/h5,8-12,14,17H,2-4,6-7,13H2,1H3. The third-order valence-corrected chi connectivity index (χ3v) is 5.63. The quantitative estimate of drug-likeness (QED) is 0.504. The molecule has 8 heteroatoms. The molecule has 2 heterocycles. The number of esters is 1. The largest absolute Gasteiger partial charge is 0.490 e. The molecule has 164 valence electrons. The smallest absolute Gasteiger partial charge is 0.417 e. The van der Waals surface area contributed by atoms with E-state index in [2.05, 4.69) is 5.10 Å². The molecule has 31 heavy (non-hydrogen) atoms. The third kappa shape index (κ3) is 4.52. The highest BCUT2D eigenvalue weighted by molar-refractivity contribution is 5.80. The molecular formula is C23H23F3N2O3. The third-order valence-electron chi connectivity index (χ3n) is 5.63. The van der Waals surface area contributed by atoms with Gasteiger partial charge in [0.25, 0.3) is 0 Å². The Morgan fingerprint density at radius 2 is 1.97 bits per heavy atom. The average Bonchev–Trinajstić information content (AvgIpc) is 3.15. The number of fused-ring (bicyclic) bond motifs is 1. The molecule has 1 saturated carbocycles. The highest BCUT2D eigenvalue weighted by Gasteiger charge is 2.35. The second-order valence-electron chi connectivity index (χ2n) is 7.72. The van der Waals surface area contributed by atoms with Crippen molar-refractivity contribution in [1.82, 2.24) is 9.61 Å². The fraction of sp³-hybridized carbons (Fsp3) is 0.391. The van der Waals surface area contributed by atoms with Gasteiger partial charge in [-0.3, -0.25) is 4.79 Å². The van der Waals surface area contributed by atoms with Crippen LogP contribution in [0.5, 0.6) is 5.75 Å².